The summed E-state index contributed by atoms with van der Waals surface area (Å²) < 4.78 is 26.7. The Morgan fingerprint density at radius 2 is 2.19 bits per heavy atom. The molecule has 1 atom stereocenters. The molecule has 0 aliphatic rings. The molecule has 0 aliphatic carbocycles. The second-order valence-corrected chi connectivity index (χ2v) is 4.36. The van der Waals surface area contributed by atoms with Crippen LogP contribution in [0.25, 0.3) is 0 Å². The third-order valence-corrected chi connectivity index (χ3v) is 3.27. The Labute approximate surface area is 126 Å². The Morgan fingerprint density at radius 1 is 1.56 bits per heavy atom. The molecular weight excluding hydrogens is 307 g/mol. The predicted octanol–water partition coefficient (Wildman–Crippen LogP) is -1.13. The molecule has 0 saturated heterocycles. The van der Waals surface area contributed by atoms with Crippen molar-refractivity contribution >= 4 is 33.0 Å². The summed E-state index contributed by atoms with van der Waals surface area (Å²) in [5.41, 5.74) is 0.222. The van der Waals surface area contributed by atoms with Crippen molar-refractivity contribution in [2.45, 2.75) is 11.8 Å². The normalized spacial score (nSPS) is 11.4. The molecule has 0 aromatic heterocycles. The standard InChI is InChI=1S/C9H9BrO4S.Na/c1-2-14-9(11)6-3-4-7(10)8(5-6)15(12)13;/h3-5H,2H2,1H3,(H,12,13);/q;+1/p-1. The van der Waals surface area contributed by atoms with E-state index in [4.69, 9.17) is 4.74 Å². The van der Waals surface area contributed by atoms with E-state index in [1.54, 1.807) is 6.92 Å². The number of benzene rings is 1. The Bertz CT molecular complexity index is 410. The maximum Gasteiger partial charge on any atom is 1.00 e. The van der Waals surface area contributed by atoms with Gasteiger partial charge in [0.15, 0.2) is 0 Å². The van der Waals surface area contributed by atoms with E-state index in [1.807, 2.05) is 0 Å². The number of carbonyl (C=O) groups excluding carboxylic acids is 1. The molecule has 82 valence electrons. The van der Waals surface area contributed by atoms with Gasteiger partial charge < -0.3 is 9.29 Å². The number of carbonyl (C=O) groups is 1. The molecule has 1 rings (SSSR count). The van der Waals surface area contributed by atoms with Crippen LogP contribution in [0.5, 0.6) is 0 Å². The summed E-state index contributed by atoms with van der Waals surface area (Å²) in [5, 5.41) is 0. The van der Waals surface area contributed by atoms with Crippen molar-refractivity contribution in [2.24, 2.45) is 0 Å². The van der Waals surface area contributed by atoms with Crippen LogP contribution in [0.15, 0.2) is 27.6 Å². The smallest absolute Gasteiger partial charge is 0.768 e. The second kappa shape index (κ2) is 7.58. The molecule has 4 nitrogen and oxygen atoms in total. The monoisotopic (exact) mass is 314 g/mol. The Morgan fingerprint density at radius 3 is 2.69 bits per heavy atom. The van der Waals surface area contributed by atoms with Gasteiger partial charge in [0.1, 0.15) is 0 Å². The van der Waals surface area contributed by atoms with E-state index in [0.717, 1.165) is 0 Å². The first-order valence-corrected chi connectivity index (χ1v) is 5.99. The minimum absolute atomic E-state index is 0. The summed E-state index contributed by atoms with van der Waals surface area (Å²) in [6.45, 7) is 1.94. The fourth-order valence-corrected chi connectivity index (χ4v) is 2.07. The van der Waals surface area contributed by atoms with Crippen LogP contribution in [0.3, 0.4) is 0 Å². The number of ether oxygens (including phenoxy) is 1. The van der Waals surface area contributed by atoms with Gasteiger partial charge in [0.2, 0.25) is 0 Å². The van der Waals surface area contributed by atoms with E-state index in [1.165, 1.54) is 18.2 Å². The van der Waals surface area contributed by atoms with E-state index in [-0.39, 0.29) is 46.6 Å². The number of rotatable bonds is 3. The molecule has 0 amide bonds. The van der Waals surface area contributed by atoms with Crippen molar-refractivity contribution in [3.05, 3.63) is 28.2 Å². The van der Waals surface area contributed by atoms with E-state index < -0.39 is 17.0 Å². The van der Waals surface area contributed by atoms with Crippen LogP contribution >= 0.6 is 15.9 Å². The summed E-state index contributed by atoms with van der Waals surface area (Å²) in [6, 6.07) is 4.26. The van der Waals surface area contributed by atoms with Crippen LogP contribution in [-0.2, 0) is 15.8 Å². The molecule has 1 unspecified atom stereocenters. The first-order chi connectivity index (χ1) is 7.06. The van der Waals surface area contributed by atoms with E-state index in [9.17, 15) is 13.6 Å². The zero-order chi connectivity index (χ0) is 11.4. The molecule has 0 N–H and O–H groups in total. The Balaban J connectivity index is 0.00000225. The minimum atomic E-state index is -2.38. The average molecular weight is 315 g/mol. The van der Waals surface area contributed by atoms with Gasteiger partial charge in [-0.1, -0.05) is 0 Å². The predicted molar refractivity (Wildman–Crippen MR) is 57.3 cm³/mol. The topological polar surface area (TPSA) is 66.4 Å². The molecule has 0 saturated carbocycles. The molecule has 0 bridgehead atoms. The van der Waals surface area contributed by atoms with Crippen LogP contribution in [0, 0.1) is 0 Å². The number of esters is 1. The minimum Gasteiger partial charge on any atom is -0.768 e. The van der Waals surface area contributed by atoms with Gasteiger partial charge in [0.05, 0.1) is 12.2 Å². The molecule has 1 aromatic rings. The molecule has 1 aromatic carbocycles. The first kappa shape index (κ1) is 16.3. The van der Waals surface area contributed by atoms with Gasteiger partial charge in [-0.05, 0) is 52.1 Å². The van der Waals surface area contributed by atoms with Gasteiger partial charge in [0, 0.05) is 9.37 Å². The molecule has 0 aliphatic heterocycles. The third kappa shape index (κ3) is 4.27. The summed E-state index contributed by atoms with van der Waals surface area (Å²) in [6.07, 6.45) is 0. The summed E-state index contributed by atoms with van der Waals surface area (Å²) in [4.78, 5) is 11.3. The number of hydrogen-bond donors (Lipinski definition) is 0. The molecule has 0 fully saturated rings. The third-order valence-electron chi connectivity index (χ3n) is 1.62. The van der Waals surface area contributed by atoms with Crippen molar-refractivity contribution in [3.63, 3.8) is 0 Å². The van der Waals surface area contributed by atoms with Crippen LogP contribution < -0.4 is 29.6 Å². The fourth-order valence-electron chi connectivity index (χ4n) is 0.972. The summed E-state index contributed by atoms with van der Waals surface area (Å²) in [7, 11) is 0. The van der Waals surface area contributed by atoms with Crippen molar-refractivity contribution in [1.29, 1.82) is 0 Å². The van der Waals surface area contributed by atoms with Crippen LogP contribution in [0.4, 0.5) is 0 Å². The molecular formula is C9H8BrNaO4S. The SMILES string of the molecule is CCOC(=O)c1ccc(Br)c(S(=O)[O-])c1.[Na+]. The Hall–Kier alpha value is 0.280. The quantitative estimate of drug-likeness (QED) is 0.402. The van der Waals surface area contributed by atoms with Gasteiger partial charge in [-0.3, -0.25) is 4.21 Å². The molecule has 0 radical (unpaired) electrons. The zero-order valence-electron chi connectivity index (χ0n) is 8.86. The van der Waals surface area contributed by atoms with Crippen LogP contribution in [-0.4, -0.2) is 21.3 Å². The van der Waals surface area contributed by atoms with E-state index >= 15 is 0 Å². The average Bonchev–Trinajstić information content (AvgIpc) is 2.18. The maximum absolute atomic E-state index is 11.3. The fraction of sp³-hybridized carbons (Fsp3) is 0.222. The molecule has 0 spiro atoms. The van der Waals surface area contributed by atoms with Crippen molar-refractivity contribution in [2.75, 3.05) is 6.61 Å². The van der Waals surface area contributed by atoms with Crippen LogP contribution in [0.1, 0.15) is 17.3 Å². The summed E-state index contributed by atoms with van der Waals surface area (Å²) >= 11 is 0.698. The number of hydrogen-bond acceptors (Lipinski definition) is 4. The van der Waals surface area contributed by atoms with E-state index in [0.29, 0.717) is 4.47 Å². The summed E-state index contributed by atoms with van der Waals surface area (Å²) in [5.74, 6) is -0.531. The second-order valence-electron chi connectivity index (χ2n) is 2.60. The van der Waals surface area contributed by atoms with Gasteiger partial charge in [0.25, 0.3) is 0 Å². The van der Waals surface area contributed by atoms with E-state index in [2.05, 4.69) is 15.9 Å². The Kier molecular flexibility index (Phi) is 7.71. The van der Waals surface area contributed by atoms with Crippen molar-refractivity contribution in [3.8, 4) is 0 Å². The van der Waals surface area contributed by atoms with Gasteiger partial charge in [-0.2, -0.15) is 0 Å². The van der Waals surface area contributed by atoms with Crippen LogP contribution in [0.2, 0.25) is 0 Å². The van der Waals surface area contributed by atoms with Gasteiger partial charge >= 0.3 is 35.5 Å². The van der Waals surface area contributed by atoms with Crippen molar-refractivity contribution in [1.82, 2.24) is 0 Å². The first-order valence-electron chi connectivity index (χ1n) is 4.12. The molecule has 16 heavy (non-hydrogen) atoms. The number of halogens is 1. The largest absolute Gasteiger partial charge is 1.00 e. The van der Waals surface area contributed by atoms with Crippen molar-refractivity contribution < 1.29 is 47.9 Å². The van der Waals surface area contributed by atoms with Gasteiger partial charge in [-0.25, -0.2) is 4.79 Å². The zero-order valence-corrected chi connectivity index (χ0v) is 13.3. The molecule has 0 heterocycles. The van der Waals surface area contributed by atoms with Gasteiger partial charge in [-0.15, -0.1) is 0 Å². The molecule has 7 heteroatoms. The maximum atomic E-state index is 11.3.